The Morgan fingerprint density at radius 3 is 0.714 bits per heavy atom. The average Bonchev–Trinajstić information content (AvgIpc) is 0.811. The molecule has 0 nitrogen and oxygen atoms in total. The average molecular weight is 538 g/mol. The van der Waals surface area contributed by atoms with Gasteiger partial charge in [0.05, 0.1) is 0 Å². The number of rotatable bonds is 0. The Hall–Kier alpha value is 3.40. The van der Waals surface area contributed by atoms with Crippen LogP contribution in [0.4, 0.5) is 0 Å². The minimum absolute atomic E-state index is 0. The molecule has 0 radical (unpaired) electrons. The van der Waals surface area contributed by atoms with Gasteiger partial charge in [0, 0.05) is 0 Å². The molecule has 0 bridgehead atoms. The maximum atomic E-state index is 3.19. The van der Waals surface area contributed by atoms with Crippen LogP contribution in [-0.4, -0.2) is 0 Å². The van der Waals surface area contributed by atoms with Gasteiger partial charge in [-0.3, -0.25) is 0 Å². The van der Waals surface area contributed by atoms with Crippen LogP contribution in [0.25, 0.3) is 0 Å². The first-order valence-electron chi connectivity index (χ1n) is 0.401. The third kappa shape index (κ3) is 44.5. The molecule has 0 rings (SSSR count). The first-order valence-corrected chi connectivity index (χ1v) is 8.59. The van der Waals surface area contributed by atoms with E-state index in [9.17, 15) is 0 Å². The molecule has 0 aromatic heterocycles. The summed E-state index contributed by atoms with van der Waals surface area (Å²) in [5.41, 5.74) is 0. The van der Waals surface area contributed by atoms with Crippen LogP contribution in [0.15, 0.2) is 0 Å². The molecule has 0 spiro atoms. The molecule has 0 saturated carbocycles. The van der Waals surface area contributed by atoms with Crippen molar-refractivity contribution in [1.82, 2.24) is 0 Å². The van der Waals surface area contributed by atoms with E-state index < -0.39 is 0 Å². The van der Waals surface area contributed by atoms with Gasteiger partial charge in [-0.2, -0.15) is 0 Å². The number of hydrogen-bond donors (Lipinski definition) is 0. The quantitative estimate of drug-likeness (QED) is 0.405. The molecule has 0 amide bonds. The third-order valence-corrected chi connectivity index (χ3v) is 0. The van der Waals surface area contributed by atoms with E-state index in [0.717, 1.165) is 0 Å². The second kappa shape index (κ2) is 16.2. The first-order chi connectivity index (χ1) is 1.73. The topological polar surface area (TPSA) is 0 Å². The van der Waals surface area contributed by atoms with Crippen LogP contribution >= 0.6 is 93.3 Å². The van der Waals surface area contributed by atoms with Crippen molar-refractivity contribution >= 4 is 93.3 Å². The van der Waals surface area contributed by atoms with E-state index in [1.165, 1.54) is 0 Å². The SMILES string of the molecule is Br.Br.Br.[Br][Fe]([Br])[Br]. The standard InChI is InChI=1S/6BrH.Fe/h6*1H;/q;;;;;;+3/p-3. The Morgan fingerprint density at radius 2 is 0.714 bits per heavy atom. The Bertz CT molecular complexity index is 8.90. The van der Waals surface area contributed by atoms with Gasteiger partial charge in [0.25, 0.3) is 0 Å². The second-order valence-corrected chi connectivity index (χ2v) is 16.9. The van der Waals surface area contributed by atoms with E-state index in [1.807, 2.05) is 0 Å². The Balaban J connectivity index is -0.0000000150. The zero-order chi connectivity index (χ0) is 3.58. The molecule has 7 heavy (non-hydrogen) atoms. The van der Waals surface area contributed by atoms with Gasteiger partial charge in [-0.1, -0.05) is 0 Å². The first kappa shape index (κ1) is 22.4. The fourth-order valence-corrected chi connectivity index (χ4v) is 0. The molecule has 0 heterocycles. The summed E-state index contributed by atoms with van der Waals surface area (Å²) in [5, 5.41) is 0. The molecule has 0 N–H and O–H groups in total. The van der Waals surface area contributed by atoms with Crippen molar-refractivity contribution in [1.29, 1.82) is 0 Å². The molecule has 53 valence electrons. The van der Waals surface area contributed by atoms with Crippen molar-refractivity contribution in [3.8, 4) is 0 Å². The van der Waals surface area contributed by atoms with Crippen molar-refractivity contribution in [2.45, 2.75) is 0 Å². The minimum atomic E-state index is -0.312. The molecular formula is H3Br6Fe. The third-order valence-electron chi connectivity index (χ3n) is 0. The van der Waals surface area contributed by atoms with Crippen LogP contribution in [0.1, 0.15) is 0 Å². The van der Waals surface area contributed by atoms with Gasteiger partial charge in [0.15, 0.2) is 0 Å². The van der Waals surface area contributed by atoms with Gasteiger partial charge in [-0.05, 0) is 0 Å². The van der Waals surface area contributed by atoms with E-state index in [0.29, 0.717) is 0 Å². The molecule has 0 aliphatic heterocycles. The predicted molar refractivity (Wildman–Crippen MR) is 57.7 cm³/mol. The van der Waals surface area contributed by atoms with Crippen molar-refractivity contribution in [3.05, 3.63) is 0 Å². The van der Waals surface area contributed by atoms with Crippen LogP contribution in [0, 0.1) is 0 Å². The summed E-state index contributed by atoms with van der Waals surface area (Å²) in [4.78, 5) is 0. The Kier molecular flexibility index (Phi) is 51.9. The molecule has 0 aromatic rings. The Labute approximate surface area is 99.8 Å². The molecule has 0 atom stereocenters. The second-order valence-electron chi connectivity index (χ2n) is 0.152. The number of halogens is 6. The fourth-order valence-electron chi connectivity index (χ4n) is 0. The number of hydrogen-bond acceptors (Lipinski definition) is 0. The summed E-state index contributed by atoms with van der Waals surface area (Å²) in [6.07, 6.45) is 0. The van der Waals surface area contributed by atoms with Gasteiger partial charge in [0.1, 0.15) is 0 Å². The normalized spacial score (nSPS) is 6.43. The summed E-state index contributed by atoms with van der Waals surface area (Å²) < 4.78 is 0. The zero-order valence-corrected chi connectivity index (χ0v) is 13.7. The van der Waals surface area contributed by atoms with E-state index in [-0.39, 0.29) is 59.4 Å². The molecule has 0 aliphatic carbocycles. The molecule has 0 unspecified atom stereocenters. The summed E-state index contributed by atoms with van der Waals surface area (Å²) in [7, 11) is -0.312. The molecule has 0 aromatic carbocycles. The van der Waals surface area contributed by atoms with Crippen molar-refractivity contribution in [3.63, 3.8) is 0 Å². The Morgan fingerprint density at radius 1 is 0.714 bits per heavy atom. The summed E-state index contributed by atoms with van der Waals surface area (Å²) in [5.74, 6) is 0. The van der Waals surface area contributed by atoms with Crippen LogP contribution in [0.2, 0.25) is 0 Å². The van der Waals surface area contributed by atoms with Gasteiger partial charge < -0.3 is 0 Å². The van der Waals surface area contributed by atoms with E-state index >= 15 is 0 Å². The summed E-state index contributed by atoms with van der Waals surface area (Å²) >= 11 is 9.56. The molecule has 7 heteroatoms. The van der Waals surface area contributed by atoms with Gasteiger partial charge in [0.2, 0.25) is 0 Å². The van der Waals surface area contributed by atoms with Crippen LogP contribution < -0.4 is 0 Å². The van der Waals surface area contributed by atoms with Crippen molar-refractivity contribution < 1.29 is 8.48 Å². The van der Waals surface area contributed by atoms with Crippen LogP contribution in [0.3, 0.4) is 0 Å². The molecule has 0 saturated heterocycles. The van der Waals surface area contributed by atoms with E-state index in [4.69, 9.17) is 0 Å². The monoisotopic (exact) mass is 532 g/mol. The van der Waals surface area contributed by atoms with Crippen LogP contribution in [0.5, 0.6) is 0 Å². The summed E-state index contributed by atoms with van der Waals surface area (Å²) in [6, 6.07) is 0. The van der Waals surface area contributed by atoms with Gasteiger partial charge in [-0.15, -0.1) is 50.9 Å². The van der Waals surface area contributed by atoms with Gasteiger partial charge in [-0.25, -0.2) is 0 Å². The molecular weight excluding hydrogens is 535 g/mol. The maximum absolute atomic E-state index is 3.19. The van der Waals surface area contributed by atoms with E-state index in [2.05, 4.69) is 42.3 Å². The summed E-state index contributed by atoms with van der Waals surface area (Å²) in [6.45, 7) is 0. The van der Waals surface area contributed by atoms with E-state index in [1.54, 1.807) is 0 Å². The molecule has 0 fully saturated rings. The van der Waals surface area contributed by atoms with Gasteiger partial charge >= 0.3 is 50.8 Å². The molecule has 0 aliphatic rings. The predicted octanol–water partition coefficient (Wildman–Crippen LogP) is 4.27. The van der Waals surface area contributed by atoms with Crippen molar-refractivity contribution in [2.75, 3.05) is 0 Å². The van der Waals surface area contributed by atoms with Crippen LogP contribution in [-0.2, 0) is 8.48 Å². The zero-order valence-electron chi connectivity index (χ0n) is 2.71. The fraction of sp³-hybridized carbons (Fsp3) is 0. The van der Waals surface area contributed by atoms with Crippen molar-refractivity contribution in [2.24, 2.45) is 0 Å².